The standard InChI is InChI=1S/C25H27N7O/c1-31-12-9-20(10-13-31)28-23-7-8-24-27-17-22(32(24)30-23)19-5-2-6-21(15-19)29-25(33)14-18-4-3-11-26-16-18/h2-8,11,15-17,20H,9-10,12-14H2,1H3,(H,28,30)(H,29,33). The van der Waals surface area contributed by atoms with Gasteiger partial charge in [-0.3, -0.25) is 9.78 Å². The number of hydrogen-bond donors (Lipinski definition) is 2. The van der Waals surface area contributed by atoms with Crippen LogP contribution >= 0.6 is 0 Å². The second kappa shape index (κ2) is 9.38. The molecule has 0 radical (unpaired) electrons. The van der Waals surface area contributed by atoms with Crippen LogP contribution in [-0.2, 0) is 11.2 Å². The van der Waals surface area contributed by atoms with Gasteiger partial charge in [-0.1, -0.05) is 18.2 Å². The normalized spacial score (nSPS) is 14.9. The molecule has 4 aromatic rings. The number of imidazole rings is 1. The van der Waals surface area contributed by atoms with E-state index in [9.17, 15) is 4.79 Å². The Morgan fingerprint density at radius 1 is 1.09 bits per heavy atom. The smallest absolute Gasteiger partial charge is 0.228 e. The molecule has 0 bridgehead atoms. The Hall–Kier alpha value is -3.78. The van der Waals surface area contributed by atoms with E-state index in [4.69, 9.17) is 5.10 Å². The number of nitrogens with zero attached hydrogens (tertiary/aromatic N) is 5. The Balaban J connectivity index is 1.34. The van der Waals surface area contributed by atoms with Crippen LogP contribution in [0.1, 0.15) is 18.4 Å². The quantitative estimate of drug-likeness (QED) is 0.476. The molecular formula is C25H27N7O. The molecule has 8 nitrogen and oxygen atoms in total. The summed E-state index contributed by atoms with van der Waals surface area (Å²) >= 11 is 0. The third kappa shape index (κ3) is 5.01. The highest BCUT2D eigenvalue weighted by atomic mass is 16.1. The van der Waals surface area contributed by atoms with Crippen LogP contribution in [0.2, 0.25) is 0 Å². The van der Waals surface area contributed by atoms with E-state index < -0.39 is 0 Å². The molecule has 1 amide bonds. The number of aromatic nitrogens is 4. The topological polar surface area (TPSA) is 87.5 Å². The number of piperidine rings is 1. The molecule has 4 heterocycles. The molecule has 1 aliphatic heterocycles. The molecule has 2 N–H and O–H groups in total. The van der Waals surface area contributed by atoms with Crippen molar-refractivity contribution in [2.24, 2.45) is 0 Å². The summed E-state index contributed by atoms with van der Waals surface area (Å²) in [5.41, 5.74) is 4.20. The number of fused-ring (bicyclic) bond motifs is 1. The van der Waals surface area contributed by atoms with Gasteiger partial charge in [0.05, 0.1) is 18.3 Å². The molecule has 0 unspecified atom stereocenters. The maximum atomic E-state index is 12.5. The number of anilines is 2. The summed E-state index contributed by atoms with van der Waals surface area (Å²) in [7, 11) is 2.16. The molecule has 0 spiro atoms. The van der Waals surface area contributed by atoms with E-state index in [-0.39, 0.29) is 12.3 Å². The lowest BCUT2D eigenvalue weighted by molar-refractivity contribution is -0.115. The Labute approximate surface area is 192 Å². The van der Waals surface area contributed by atoms with Gasteiger partial charge in [-0.05, 0) is 68.9 Å². The zero-order valence-electron chi connectivity index (χ0n) is 18.6. The minimum absolute atomic E-state index is 0.0824. The number of pyridine rings is 1. The van der Waals surface area contributed by atoms with E-state index in [1.165, 1.54) is 0 Å². The lowest BCUT2D eigenvalue weighted by Crippen LogP contribution is -2.36. The SMILES string of the molecule is CN1CCC(Nc2ccc3ncc(-c4cccc(NC(=O)Cc5cccnc5)c4)n3n2)CC1. The molecule has 5 rings (SSSR count). The summed E-state index contributed by atoms with van der Waals surface area (Å²) in [6.45, 7) is 2.19. The van der Waals surface area contributed by atoms with Crippen molar-refractivity contribution in [2.45, 2.75) is 25.3 Å². The van der Waals surface area contributed by atoms with Gasteiger partial charge < -0.3 is 15.5 Å². The highest BCUT2D eigenvalue weighted by Crippen LogP contribution is 2.24. The van der Waals surface area contributed by atoms with Crippen molar-refractivity contribution in [1.82, 2.24) is 24.5 Å². The van der Waals surface area contributed by atoms with Crippen LogP contribution in [0.5, 0.6) is 0 Å². The van der Waals surface area contributed by atoms with Crippen molar-refractivity contribution in [1.29, 1.82) is 0 Å². The van der Waals surface area contributed by atoms with Gasteiger partial charge in [0.1, 0.15) is 5.82 Å². The summed E-state index contributed by atoms with van der Waals surface area (Å²) < 4.78 is 1.86. The van der Waals surface area contributed by atoms with Crippen molar-refractivity contribution >= 4 is 23.1 Å². The van der Waals surface area contributed by atoms with Crippen molar-refractivity contribution in [3.63, 3.8) is 0 Å². The number of benzene rings is 1. The lowest BCUT2D eigenvalue weighted by Gasteiger charge is -2.29. The van der Waals surface area contributed by atoms with Gasteiger partial charge in [0.25, 0.3) is 0 Å². The predicted octanol–water partition coefficient (Wildman–Crippen LogP) is 3.48. The van der Waals surface area contributed by atoms with Crippen LogP contribution in [0, 0.1) is 0 Å². The molecular weight excluding hydrogens is 414 g/mol. The number of amides is 1. The summed E-state index contributed by atoms with van der Waals surface area (Å²) in [5, 5.41) is 11.4. The second-order valence-corrected chi connectivity index (χ2v) is 8.52. The van der Waals surface area contributed by atoms with Crippen molar-refractivity contribution in [2.75, 3.05) is 30.8 Å². The highest BCUT2D eigenvalue weighted by Gasteiger charge is 2.17. The number of carbonyl (C=O) groups is 1. The summed E-state index contributed by atoms with van der Waals surface area (Å²) in [6, 6.07) is 15.9. The van der Waals surface area contributed by atoms with Gasteiger partial charge in [0.2, 0.25) is 5.91 Å². The van der Waals surface area contributed by atoms with E-state index in [1.54, 1.807) is 12.4 Å². The zero-order chi connectivity index (χ0) is 22.6. The molecule has 0 atom stereocenters. The van der Waals surface area contributed by atoms with Crippen LogP contribution in [0.25, 0.3) is 16.9 Å². The number of hydrogen-bond acceptors (Lipinski definition) is 6. The molecule has 168 valence electrons. The first-order valence-electron chi connectivity index (χ1n) is 11.2. The van der Waals surface area contributed by atoms with Crippen molar-refractivity contribution < 1.29 is 4.79 Å². The van der Waals surface area contributed by atoms with E-state index in [1.807, 2.05) is 59.2 Å². The Morgan fingerprint density at radius 3 is 2.79 bits per heavy atom. The number of nitrogens with one attached hydrogen (secondary N) is 2. The minimum atomic E-state index is -0.0824. The van der Waals surface area contributed by atoms with Gasteiger partial charge in [0.15, 0.2) is 5.65 Å². The second-order valence-electron chi connectivity index (χ2n) is 8.52. The fraction of sp³-hybridized carbons (Fsp3) is 0.280. The van der Waals surface area contributed by atoms with Gasteiger partial charge in [-0.2, -0.15) is 0 Å². The molecule has 1 aliphatic rings. The number of likely N-dealkylation sites (tertiary alicyclic amines) is 1. The fourth-order valence-corrected chi connectivity index (χ4v) is 4.16. The molecule has 0 saturated carbocycles. The van der Waals surface area contributed by atoms with Crippen LogP contribution in [0.3, 0.4) is 0 Å². The average Bonchev–Trinajstić information content (AvgIpc) is 3.25. The van der Waals surface area contributed by atoms with Gasteiger partial charge in [-0.25, -0.2) is 9.50 Å². The van der Waals surface area contributed by atoms with E-state index in [0.29, 0.717) is 6.04 Å². The third-order valence-electron chi connectivity index (χ3n) is 5.96. The van der Waals surface area contributed by atoms with Crippen LogP contribution in [0.15, 0.2) is 67.1 Å². The Kier molecular flexibility index (Phi) is 5.99. The van der Waals surface area contributed by atoms with Crippen LogP contribution < -0.4 is 10.6 Å². The molecule has 1 saturated heterocycles. The van der Waals surface area contributed by atoms with Crippen molar-refractivity contribution in [3.8, 4) is 11.3 Å². The molecule has 8 heteroatoms. The molecule has 0 aliphatic carbocycles. The molecule has 33 heavy (non-hydrogen) atoms. The third-order valence-corrected chi connectivity index (χ3v) is 5.96. The first kappa shape index (κ1) is 21.1. The first-order valence-corrected chi connectivity index (χ1v) is 11.2. The van der Waals surface area contributed by atoms with Crippen LogP contribution in [0.4, 0.5) is 11.5 Å². The zero-order valence-corrected chi connectivity index (χ0v) is 18.6. The van der Waals surface area contributed by atoms with E-state index >= 15 is 0 Å². The van der Waals surface area contributed by atoms with E-state index in [0.717, 1.165) is 59.9 Å². The van der Waals surface area contributed by atoms with Gasteiger partial charge in [-0.15, -0.1) is 5.10 Å². The lowest BCUT2D eigenvalue weighted by atomic mass is 10.1. The summed E-state index contributed by atoms with van der Waals surface area (Å²) in [6.07, 6.45) is 7.71. The predicted molar refractivity (Wildman–Crippen MR) is 129 cm³/mol. The van der Waals surface area contributed by atoms with E-state index in [2.05, 4.69) is 32.5 Å². The molecule has 1 aromatic carbocycles. The van der Waals surface area contributed by atoms with Crippen LogP contribution in [-0.4, -0.2) is 56.6 Å². The Morgan fingerprint density at radius 2 is 1.97 bits per heavy atom. The number of rotatable bonds is 6. The maximum Gasteiger partial charge on any atom is 0.228 e. The fourth-order valence-electron chi connectivity index (χ4n) is 4.16. The van der Waals surface area contributed by atoms with Gasteiger partial charge in [0, 0.05) is 29.7 Å². The summed E-state index contributed by atoms with van der Waals surface area (Å²) in [5.74, 6) is 0.762. The van der Waals surface area contributed by atoms with Gasteiger partial charge >= 0.3 is 0 Å². The first-order chi connectivity index (χ1) is 16.1. The average molecular weight is 442 g/mol. The molecule has 3 aromatic heterocycles. The van der Waals surface area contributed by atoms with Crippen molar-refractivity contribution in [3.05, 3.63) is 72.7 Å². The summed E-state index contributed by atoms with van der Waals surface area (Å²) in [4.78, 5) is 23.4. The maximum absolute atomic E-state index is 12.5. The largest absolute Gasteiger partial charge is 0.366 e. The minimum Gasteiger partial charge on any atom is -0.366 e. The monoisotopic (exact) mass is 441 g/mol. The Bertz CT molecular complexity index is 1250. The highest BCUT2D eigenvalue weighted by molar-refractivity contribution is 5.92. The molecule has 1 fully saturated rings. The number of carbonyl (C=O) groups excluding carboxylic acids is 1.